The van der Waals surface area contributed by atoms with Crippen LogP contribution in [0.2, 0.25) is 0 Å². The van der Waals surface area contributed by atoms with Gasteiger partial charge in [-0.1, -0.05) is 30.3 Å². The summed E-state index contributed by atoms with van der Waals surface area (Å²) in [6, 6.07) is 9.32. The van der Waals surface area contributed by atoms with Crippen molar-refractivity contribution in [2.45, 2.75) is 39.5 Å². The summed E-state index contributed by atoms with van der Waals surface area (Å²) in [6.45, 7) is 5.95. The highest BCUT2D eigenvalue weighted by Gasteiger charge is 2.36. The van der Waals surface area contributed by atoms with Gasteiger partial charge in [0.05, 0.1) is 11.8 Å². The van der Waals surface area contributed by atoms with Crippen molar-refractivity contribution in [2.75, 3.05) is 6.54 Å². The van der Waals surface area contributed by atoms with Crippen LogP contribution in [0.15, 0.2) is 47.5 Å². The van der Waals surface area contributed by atoms with E-state index in [0.29, 0.717) is 37.6 Å². The molecule has 0 N–H and O–H groups in total. The topological polar surface area (TPSA) is 78.0 Å². The predicted molar refractivity (Wildman–Crippen MR) is 99.4 cm³/mol. The molecule has 140 valence electrons. The van der Waals surface area contributed by atoms with Crippen LogP contribution in [-0.2, 0) is 19.6 Å². The van der Waals surface area contributed by atoms with Crippen LogP contribution in [0.5, 0.6) is 0 Å². The van der Waals surface area contributed by atoms with Crippen molar-refractivity contribution in [1.82, 2.24) is 29.0 Å². The number of fused-ring (bicyclic) bond motifs is 1. The third-order valence-electron chi connectivity index (χ3n) is 4.95. The number of nitrogens with zero attached hydrogens (tertiary/aromatic N) is 6. The zero-order chi connectivity index (χ0) is 19.0. The molecule has 0 aliphatic carbocycles. The molecule has 3 heterocycles. The molecule has 0 saturated heterocycles. The van der Waals surface area contributed by atoms with Crippen LogP contribution in [0.1, 0.15) is 41.6 Å². The number of aromatic nitrogens is 5. The van der Waals surface area contributed by atoms with Crippen LogP contribution >= 0.6 is 0 Å². The zero-order valence-electron chi connectivity index (χ0n) is 15.4. The van der Waals surface area contributed by atoms with Crippen molar-refractivity contribution in [3.63, 3.8) is 0 Å². The molecule has 0 spiro atoms. The summed E-state index contributed by atoms with van der Waals surface area (Å²) in [6.07, 6.45) is 3.36. The second-order valence-electron chi connectivity index (χ2n) is 6.50. The highest BCUT2D eigenvalue weighted by Crippen LogP contribution is 2.31. The number of rotatable bonds is 4. The van der Waals surface area contributed by atoms with Gasteiger partial charge in [-0.2, -0.15) is 10.2 Å². The van der Waals surface area contributed by atoms with E-state index in [9.17, 15) is 9.59 Å². The molecule has 3 aromatic rings. The second-order valence-corrected chi connectivity index (χ2v) is 6.50. The Kier molecular flexibility index (Phi) is 4.39. The third kappa shape index (κ3) is 2.87. The van der Waals surface area contributed by atoms with Gasteiger partial charge in [0, 0.05) is 32.4 Å². The SMILES string of the molecule is CCn1cc(C(=O)N2CCn3c(nn(CC)c3=O)C2c2ccccc2)cn1. The molecule has 0 saturated carbocycles. The van der Waals surface area contributed by atoms with Gasteiger partial charge in [0.2, 0.25) is 0 Å². The number of carbonyl (C=O) groups excluding carboxylic acids is 1. The third-order valence-corrected chi connectivity index (χ3v) is 4.95. The summed E-state index contributed by atoms with van der Waals surface area (Å²) in [5.41, 5.74) is 1.35. The van der Waals surface area contributed by atoms with Crippen LogP contribution in [0.25, 0.3) is 0 Å². The first-order valence-electron chi connectivity index (χ1n) is 9.20. The first-order valence-corrected chi connectivity index (χ1v) is 9.20. The average Bonchev–Trinajstić information content (AvgIpc) is 3.32. The van der Waals surface area contributed by atoms with Crippen LogP contribution < -0.4 is 5.69 Å². The van der Waals surface area contributed by atoms with Crippen LogP contribution in [-0.4, -0.2) is 41.5 Å². The van der Waals surface area contributed by atoms with Crippen LogP contribution in [0.4, 0.5) is 0 Å². The van der Waals surface area contributed by atoms with E-state index >= 15 is 0 Å². The van der Waals surface area contributed by atoms with E-state index in [1.165, 1.54) is 4.68 Å². The van der Waals surface area contributed by atoms with Crippen molar-refractivity contribution >= 4 is 5.91 Å². The van der Waals surface area contributed by atoms with E-state index in [1.807, 2.05) is 44.2 Å². The normalized spacial score (nSPS) is 16.4. The van der Waals surface area contributed by atoms with E-state index in [-0.39, 0.29) is 11.6 Å². The van der Waals surface area contributed by atoms with Gasteiger partial charge in [-0.25, -0.2) is 9.48 Å². The fourth-order valence-corrected chi connectivity index (χ4v) is 3.55. The molecule has 0 radical (unpaired) electrons. The molecule has 1 amide bonds. The summed E-state index contributed by atoms with van der Waals surface area (Å²) in [5, 5.41) is 8.75. The number of carbonyl (C=O) groups is 1. The zero-order valence-corrected chi connectivity index (χ0v) is 15.4. The summed E-state index contributed by atoms with van der Waals surface area (Å²) in [4.78, 5) is 27.6. The molecule has 8 nitrogen and oxygen atoms in total. The van der Waals surface area contributed by atoms with Gasteiger partial charge in [-0.05, 0) is 19.4 Å². The molecule has 0 bridgehead atoms. The quantitative estimate of drug-likeness (QED) is 0.701. The van der Waals surface area contributed by atoms with Gasteiger partial charge < -0.3 is 4.90 Å². The maximum atomic E-state index is 13.2. The minimum atomic E-state index is -0.405. The van der Waals surface area contributed by atoms with Crippen molar-refractivity contribution in [2.24, 2.45) is 0 Å². The number of aryl methyl sites for hydroxylation is 2. The molecule has 1 aliphatic rings. The lowest BCUT2D eigenvalue weighted by Crippen LogP contribution is -2.44. The highest BCUT2D eigenvalue weighted by atomic mass is 16.2. The standard InChI is InChI=1S/C19H22N6O2/c1-3-22-13-15(12-20-22)18(26)23-10-11-24-17(21-25(4-2)19(24)27)16(23)14-8-6-5-7-9-14/h5-9,12-13,16H,3-4,10-11H2,1-2H3. The lowest BCUT2D eigenvalue weighted by Gasteiger charge is -2.35. The first-order chi connectivity index (χ1) is 13.1. The molecule has 27 heavy (non-hydrogen) atoms. The second kappa shape index (κ2) is 6.86. The van der Waals surface area contributed by atoms with Gasteiger partial charge >= 0.3 is 5.69 Å². The Morgan fingerprint density at radius 3 is 2.59 bits per heavy atom. The molecule has 1 aliphatic heterocycles. The van der Waals surface area contributed by atoms with Crippen LogP contribution in [0.3, 0.4) is 0 Å². The van der Waals surface area contributed by atoms with Gasteiger partial charge in [-0.3, -0.25) is 14.0 Å². The van der Waals surface area contributed by atoms with Crippen molar-refractivity contribution in [3.8, 4) is 0 Å². The van der Waals surface area contributed by atoms with Crippen molar-refractivity contribution in [3.05, 3.63) is 70.2 Å². The van der Waals surface area contributed by atoms with E-state index < -0.39 is 6.04 Å². The molecule has 8 heteroatoms. The minimum absolute atomic E-state index is 0.103. The number of hydrogen-bond donors (Lipinski definition) is 0. The fourth-order valence-electron chi connectivity index (χ4n) is 3.55. The molecule has 2 aromatic heterocycles. The van der Waals surface area contributed by atoms with Crippen LogP contribution in [0, 0.1) is 0 Å². The van der Waals surface area contributed by atoms with Gasteiger partial charge in [0.15, 0.2) is 5.82 Å². The Balaban J connectivity index is 1.81. The Hall–Kier alpha value is -3.16. The van der Waals surface area contributed by atoms with E-state index in [1.54, 1.807) is 26.5 Å². The molecule has 1 unspecified atom stereocenters. The molecule has 4 rings (SSSR count). The predicted octanol–water partition coefficient (Wildman–Crippen LogP) is 1.53. The van der Waals surface area contributed by atoms with E-state index in [0.717, 1.165) is 5.56 Å². The highest BCUT2D eigenvalue weighted by molar-refractivity contribution is 5.94. The summed E-state index contributed by atoms with van der Waals surface area (Å²) in [5.74, 6) is 0.504. The number of benzene rings is 1. The Morgan fingerprint density at radius 1 is 1.15 bits per heavy atom. The maximum absolute atomic E-state index is 13.2. The minimum Gasteiger partial charge on any atom is -0.322 e. The van der Waals surface area contributed by atoms with Gasteiger partial charge in [-0.15, -0.1) is 0 Å². The fraction of sp³-hybridized carbons (Fsp3) is 0.368. The lowest BCUT2D eigenvalue weighted by atomic mass is 10.0. The van der Waals surface area contributed by atoms with Crippen molar-refractivity contribution in [1.29, 1.82) is 0 Å². The van der Waals surface area contributed by atoms with Gasteiger partial charge in [0.25, 0.3) is 5.91 Å². The molecule has 1 aromatic carbocycles. The molecule has 0 fully saturated rings. The Morgan fingerprint density at radius 2 is 1.93 bits per heavy atom. The smallest absolute Gasteiger partial charge is 0.322 e. The van der Waals surface area contributed by atoms with E-state index in [4.69, 9.17) is 0 Å². The molecular formula is C19H22N6O2. The van der Waals surface area contributed by atoms with Gasteiger partial charge in [0.1, 0.15) is 6.04 Å². The number of amides is 1. The molecule has 1 atom stereocenters. The number of hydrogen-bond acceptors (Lipinski definition) is 4. The Labute approximate surface area is 156 Å². The van der Waals surface area contributed by atoms with E-state index in [2.05, 4.69) is 10.2 Å². The average molecular weight is 366 g/mol. The van der Waals surface area contributed by atoms with Crippen molar-refractivity contribution < 1.29 is 4.79 Å². The summed E-state index contributed by atoms with van der Waals surface area (Å²) >= 11 is 0. The largest absolute Gasteiger partial charge is 0.346 e. The maximum Gasteiger partial charge on any atom is 0.346 e. The monoisotopic (exact) mass is 366 g/mol. The lowest BCUT2D eigenvalue weighted by molar-refractivity contribution is 0.0657. The first kappa shape index (κ1) is 17.3. The summed E-state index contributed by atoms with van der Waals surface area (Å²) in [7, 11) is 0. The molecular weight excluding hydrogens is 344 g/mol. The summed E-state index contributed by atoms with van der Waals surface area (Å²) < 4.78 is 4.87. The Bertz CT molecular complexity index is 1020.